The van der Waals surface area contributed by atoms with Crippen molar-refractivity contribution >= 4 is 33.2 Å². The molecule has 0 bridgehead atoms. The summed E-state index contributed by atoms with van der Waals surface area (Å²) >= 11 is 3.75. The fourth-order valence-corrected chi connectivity index (χ4v) is 5.27. The first-order valence-corrected chi connectivity index (χ1v) is 9.23. The van der Waals surface area contributed by atoms with E-state index in [1.165, 1.54) is 16.2 Å². The van der Waals surface area contributed by atoms with Gasteiger partial charge in [0.25, 0.3) is 0 Å². The summed E-state index contributed by atoms with van der Waals surface area (Å²) in [7, 11) is 1.95. The number of thioether (sulfide) groups is 1. The van der Waals surface area contributed by atoms with Gasteiger partial charge in [-0.15, -0.1) is 11.3 Å². The highest BCUT2D eigenvalue weighted by molar-refractivity contribution is 7.99. The van der Waals surface area contributed by atoms with E-state index in [0.717, 1.165) is 36.3 Å². The number of fused-ring (bicyclic) bond motifs is 1. The second kappa shape index (κ2) is 6.65. The summed E-state index contributed by atoms with van der Waals surface area (Å²) in [6.07, 6.45) is 0. The molecule has 1 aliphatic rings. The van der Waals surface area contributed by atoms with Crippen LogP contribution in [-0.2, 0) is 13.1 Å². The van der Waals surface area contributed by atoms with Gasteiger partial charge in [0.05, 0.1) is 0 Å². The van der Waals surface area contributed by atoms with Crippen LogP contribution in [0.25, 0.3) is 10.1 Å². The highest BCUT2D eigenvalue weighted by Crippen LogP contribution is 2.34. The smallest absolute Gasteiger partial charge is 0.132 e. The third-order valence-electron chi connectivity index (χ3n) is 3.89. The van der Waals surface area contributed by atoms with Gasteiger partial charge < -0.3 is 5.32 Å². The molecule has 5 heteroatoms. The van der Waals surface area contributed by atoms with Gasteiger partial charge in [-0.1, -0.05) is 13.0 Å². The summed E-state index contributed by atoms with van der Waals surface area (Å²) in [5.41, 5.74) is 1.18. The van der Waals surface area contributed by atoms with Crippen LogP contribution in [0.1, 0.15) is 17.4 Å². The van der Waals surface area contributed by atoms with E-state index < -0.39 is 0 Å². The van der Waals surface area contributed by atoms with E-state index >= 15 is 0 Å². The Hall–Kier alpha value is -0.620. The molecule has 1 saturated heterocycles. The van der Waals surface area contributed by atoms with Crippen LogP contribution in [0.4, 0.5) is 4.39 Å². The number of rotatable bonds is 4. The van der Waals surface area contributed by atoms with Crippen LogP contribution in [0.3, 0.4) is 0 Å². The number of nitrogens with zero attached hydrogens (tertiary/aromatic N) is 1. The van der Waals surface area contributed by atoms with Crippen LogP contribution in [0.2, 0.25) is 0 Å². The fraction of sp³-hybridized carbons (Fsp3) is 0.500. The molecule has 21 heavy (non-hydrogen) atoms. The van der Waals surface area contributed by atoms with Crippen molar-refractivity contribution in [2.75, 3.05) is 25.9 Å². The number of nitrogens with one attached hydrogen (secondary N) is 1. The Morgan fingerprint density at radius 3 is 3.05 bits per heavy atom. The Balaban J connectivity index is 1.96. The third-order valence-corrected chi connectivity index (χ3v) is 6.22. The zero-order chi connectivity index (χ0) is 14.8. The summed E-state index contributed by atoms with van der Waals surface area (Å²) in [6, 6.07) is 5.41. The van der Waals surface area contributed by atoms with Crippen molar-refractivity contribution in [2.45, 2.75) is 25.3 Å². The number of hydrogen-bond acceptors (Lipinski definition) is 4. The first-order valence-electron chi connectivity index (χ1n) is 7.36. The molecule has 1 fully saturated rings. The molecule has 1 N–H and O–H groups in total. The summed E-state index contributed by atoms with van der Waals surface area (Å²) < 4.78 is 15.4. The monoisotopic (exact) mass is 324 g/mol. The minimum Gasteiger partial charge on any atom is -0.315 e. The minimum absolute atomic E-state index is 0.0828. The predicted octanol–water partition coefficient (Wildman–Crippen LogP) is 3.70. The Labute approximate surface area is 133 Å². The van der Waals surface area contributed by atoms with E-state index in [0.29, 0.717) is 5.25 Å². The van der Waals surface area contributed by atoms with E-state index in [2.05, 4.69) is 17.1 Å². The topological polar surface area (TPSA) is 15.3 Å². The number of thiophene rings is 1. The molecular formula is C16H21FN2S2. The summed E-state index contributed by atoms with van der Waals surface area (Å²) in [6.45, 7) is 6.14. The molecule has 2 aromatic rings. The van der Waals surface area contributed by atoms with Crippen LogP contribution in [0.15, 0.2) is 18.2 Å². The summed E-state index contributed by atoms with van der Waals surface area (Å²) in [4.78, 5) is 3.73. The van der Waals surface area contributed by atoms with Gasteiger partial charge in [0.1, 0.15) is 5.82 Å². The molecule has 1 aliphatic heterocycles. The van der Waals surface area contributed by atoms with Crippen LogP contribution >= 0.6 is 23.1 Å². The average Bonchev–Trinajstić information content (AvgIpc) is 2.79. The van der Waals surface area contributed by atoms with Crippen molar-refractivity contribution in [3.8, 4) is 0 Å². The van der Waals surface area contributed by atoms with Crippen LogP contribution in [-0.4, -0.2) is 36.0 Å². The molecule has 0 saturated carbocycles. The van der Waals surface area contributed by atoms with Crippen molar-refractivity contribution in [1.82, 2.24) is 10.2 Å². The quantitative estimate of drug-likeness (QED) is 0.923. The molecule has 1 atom stereocenters. The lowest BCUT2D eigenvalue weighted by molar-refractivity contribution is 0.279. The molecule has 0 radical (unpaired) electrons. The molecule has 2 heterocycles. The van der Waals surface area contributed by atoms with E-state index in [4.69, 9.17) is 0 Å². The third kappa shape index (κ3) is 3.26. The van der Waals surface area contributed by atoms with Gasteiger partial charge in [-0.25, -0.2) is 4.39 Å². The Morgan fingerprint density at radius 1 is 1.43 bits per heavy atom. The maximum absolute atomic E-state index is 14.3. The SMILES string of the molecule is CNCc1sc2cccc(F)c2c1CN1CCSC(C)C1. The molecule has 2 nitrogen and oxygen atoms in total. The van der Waals surface area contributed by atoms with Crippen molar-refractivity contribution in [2.24, 2.45) is 0 Å². The highest BCUT2D eigenvalue weighted by Gasteiger charge is 2.21. The normalized spacial score (nSPS) is 20.2. The zero-order valence-electron chi connectivity index (χ0n) is 12.5. The lowest BCUT2D eigenvalue weighted by Crippen LogP contribution is -2.36. The first-order chi connectivity index (χ1) is 10.2. The van der Waals surface area contributed by atoms with Gasteiger partial charge in [0.2, 0.25) is 0 Å². The number of benzene rings is 1. The zero-order valence-corrected chi connectivity index (χ0v) is 14.1. The lowest BCUT2D eigenvalue weighted by Gasteiger charge is -2.30. The largest absolute Gasteiger partial charge is 0.315 e. The Bertz CT molecular complexity index is 626. The van der Waals surface area contributed by atoms with E-state index in [1.54, 1.807) is 23.5 Å². The molecule has 0 aliphatic carbocycles. The number of hydrogen-bond donors (Lipinski definition) is 1. The molecule has 114 valence electrons. The average molecular weight is 324 g/mol. The second-order valence-corrected chi connectivity index (χ2v) is 8.25. The lowest BCUT2D eigenvalue weighted by atomic mass is 10.1. The molecule has 3 rings (SSSR count). The molecule has 0 amide bonds. The van der Waals surface area contributed by atoms with Gasteiger partial charge in [-0.3, -0.25) is 4.90 Å². The molecular weight excluding hydrogens is 303 g/mol. The van der Waals surface area contributed by atoms with Crippen molar-refractivity contribution in [3.05, 3.63) is 34.5 Å². The van der Waals surface area contributed by atoms with Gasteiger partial charge in [-0.05, 0) is 24.7 Å². The van der Waals surface area contributed by atoms with Crippen molar-refractivity contribution in [3.63, 3.8) is 0 Å². The molecule has 0 spiro atoms. The van der Waals surface area contributed by atoms with E-state index in [1.807, 2.05) is 24.9 Å². The fourth-order valence-electron chi connectivity index (χ4n) is 2.94. The first kappa shape index (κ1) is 15.3. The van der Waals surface area contributed by atoms with Crippen molar-refractivity contribution < 1.29 is 4.39 Å². The highest BCUT2D eigenvalue weighted by atomic mass is 32.2. The standard InChI is InChI=1S/C16H21FN2S2/c1-11-9-19(6-7-20-11)10-12-15(8-18-2)21-14-5-3-4-13(17)16(12)14/h3-5,11,18H,6-10H2,1-2H3. The molecule has 1 aromatic carbocycles. The van der Waals surface area contributed by atoms with E-state index in [-0.39, 0.29) is 5.82 Å². The molecule has 1 unspecified atom stereocenters. The van der Waals surface area contributed by atoms with Gasteiger partial charge in [0, 0.05) is 52.1 Å². The van der Waals surface area contributed by atoms with Gasteiger partial charge in [-0.2, -0.15) is 11.8 Å². The van der Waals surface area contributed by atoms with Crippen LogP contribution < -0.4 is 5.32 Å². The number of halogens is 1. The molecule has 1 aromatic heterocycles. The van der Waals surface area contributed by atoms with E-state index in [9.17, 15) is 4.39 Å². The maximum Gasteiger partial charge on any atom is 0.132 e. The van der Waals surface area contributed by atoms with Gasteiger partial charge in [0.15, 0.2) is 0 Å². The van der Waals surface area contributed by atoms with Gasteiger partial charge >= 0.3 is 0 Å². The Morgan fingerprint density at radius 2 is 2.29 bits per heavy atom. The minimum atomic E-state index is -0.0828. The van der Waals surface area contributed by atoms with Crippen molar-refractivity contribution in [1.29, 1.82) is 0 Å². The summed E-state index contributed by atoms with van der Waals surface area (Å²) in [5.74, 6) is 1.09. The Kier molecular flexibility index (Phi) is 4.84. The predicted molar refractivity (Wildman–Crippen MR) is 91.7 cm³/mol. The van der Waals surface area contributed by atoms with Crippen LogP contribution in [0, 0.1) is 5.82 Å². The second-order valence-electron chi connectivity index (χ2n) is 5.56. The summed E-state index contributed by atoms with van der Waals surface area (Å²) in [5, 5.41) is 4.72. The maximum atomic E-state index is 14.3. The van der Waals surface area contributed by atoms with Crippen LogP contribution in [0.5, 0.6) is 0 Å².